The zero-order valence-corrected chi connectivity index (χ0v) is 9.61. The molecule has 1 atom stereocenters. The molecule has 0 N–H and O–H groups in total. The molecule has 17 heavy (non-hydrogen) atoms. The first-order valence-electron chi connectivity index (χ1n) is 5.56. The van der Waals surface area contributed by atoms with Crippen LogP contribution in [0.4, 0.5) is 4.39 Å². The monoisotopic (exact) mass is 232 g/mol. The lowest BCUT2D eigenvalue weighted by Crippen LogP contribution is -2.25. The summed E-state index contributed by atoms with van der Waals surface area (Å²) in [4.78, 5) is 13.2. The molecule has 2 rings (SSSR count). The van der Waals surface area contributed by atoms with Crippen molar-refractivity contribution < 1.29 is 9.18 Å². The van der Waals surface area contributed by atoms with Gasteiger partial charge in [0.2, 0.25) is 5.91 Å². The highest BCUT2D eigenvalue weighted by Gasteiger charge is 2.26. The van der Waals surface area contributed by atoms with Gasteiger partial charge in [-0.1, -0.05) is 6.92 Å². The largest absolute Gasteiger partial charge is 0.338 e. The number of carbonyl (C=O) groups excluding carboxylic acids is 1. The Morgan fingerprint density at radius 2 is 2.35 bits per heavy atom. The molecule has 1 unspecified atom stereocenters. The number of carbonyl (C=O) groups is 1. The highest BCUT2D eigenvalue weighted by atomic mass is 19.1. The first-order chi connectivity index (χ1) is 8.10. The number of hydrogen-bond acceptors (Lipinski definition) is 2. The van der Waals surface area contributed by atoms with Crippen LogP contribution in [0.3, 0.4) is 0 Å². The second-order valence-electron chi connectivity index (χ2n) is 4.50. The number of likely N-dealkylation sites (tertiary alicyclic amines) is 1. The van der Waals surface area contributed by atoms with Gasteiger partial charge in [0, 0.05) is 25.1 Å². The molecule has 1 amide bonds. The van der Waals surface area contributed by atoms with E-state index in [1.807, 2.05) is 13.0 Å². The maximum absolute atomic E-state index is 13.5. The fraction of sp³-hybridized carbons (Fsp3) is 0.385. The Morgan fingerprint density at radius 3 is 2.94 bits per heavy atom. The summed E-state index contributed by atoms with van der Waals surface area (Å²) in [5.74, 6) is 0.0142. The summed E-state index contributed by atoms with van der Waals surface area (Å²) in [7, 11) is 0. The van der Waals surface area contributed by atoms with Crippen molar-refractivity contribution in [1.82, 2.24) is 4.90 Å². The molecule has 1 aliphatic rings. The summed E-state index contributed by atoms with van der Waals surface area (Å²) in [5.41, 5.74) is 0.826. The van der Waals surface area contributed by atoms with E-state index in [4.69, 9.17) is 5.26 Å². The van der Waals surface area contributed by atoms with E-state index in [0.717, 1.165) is 0 Å². The summed E-state index contributed by atoms with van der Waals surface area (Å²) >= 11 is 0. The topological polar surface area (TPSA) is 44.1 Å². The number of nitrogens with zero attached hydrogens (tertiary/aromatic N) is 2. The van der Waals surface area contributed by atoms with Crippen molar-refractivity contribution in [3.05, 3.63) is 35.1 Å². The standard InChI is InChI=1S/C13H13FN2O/c1-9-4-13(17)16(7-9)8-11-5-10(6-15)2-3-12(11)14/h2-3,5,9H,4,7-8H2,1H3. The third-order valence-corrected chi connectivity index (χ3v) is 2.94. The van der Waals surface area contributed by atoms with Crippen molar-refractivity contribution in [2.24, 2.45) is 5.92 Å². The lowest BCUT2D eigenvalue weighted by atomic mass is 10.1. The van der Waals surface area contributed by atoms with Gasteiger partial charge in [-0.3, -0.25) is 4.79 Å². The van der Waals surface area contributed by atoms with Crippen molar-refractivity contribution >= 4 is 5.91 Å². The van der Waals surface area contributed by atoms with Gasteiger partial charge in [-0.25, -0.2) is 4.39 Å². The van der Waals surface area contributed by atoms with E-state index in [9.17, 15) is 9.18 Å². The Kier molecular flexibility index (Phi) is 3.10. The van der Waals surface area contributed by atoms with Gasteiger partial charge < -0.3 is 4.90 Å². The molecule has 88 valence electrons. The normalized spacial score (nSPS) is 19.5. The molecule has 1 heterocycles. The van der Waals surface area contributed by atoms with Crippen LogP contribution in [0.15, 0.2) is 18.2 Å². The van der Waals surface area contributed by atoms with Crippen LogP contribution in [0.25, 0.3) is 0 Å². The van der Waals surface area contributed by atoms with E-state index in [2.05, 4.69) is 0 Å². The lowest BCUT2D eigenvalue weighted by Gasteiger charge is -2.16. The van der Waals surface area contributed by atoms with Crippen molar-refractivity contribution in [3.8, 4) is 6.07 Å². The van der Waals surface area contributed by atoms with Gasteiger partial charge >= 0.3 is 0 Å². The predicted octanol–water partition coefficient (Wildman–Crippen LogP) is 2.07. The first kappa shape index (κ1) is 11.6. The van der Waals surface area contributed by atoms with E-state index < -0.39 is 0 Å². The molecule has 0 radical (unpaired) electrons. The van der Waals surface area contributed by atoms with Gasteiger partial charge in [0.25, 0.3) is 0 Å². The molecular weight excluding hydrogens is 219 g/mol. The summed E-state index contributed by atoms with van der Waals surface area (Å²) in [5, 5.41) is 8.75. The van der Waals surface area contributed by atoms with Crippen LogP contribution in [0.1, 0.15) is 24.5 Å². The zero-order chi connectivity index (χ0) is 12.4. The molecule has 1 aromatic carbocycles. The second kappa shape index (κ2) is 4.54. The minimum Gasteiger partial charge on any atom is -0.338 e. The summed E-state index contributed by atoms with van der Waals surface area (Å²) in [6.07, 6.45) is 0.527. The fourth-order valence-corrected chi connectivity index (χ4v) is 2.09. The van der Waals surface area contributed by atoms with E-state index in [1.54, 1.807) is 4.90 Å². The molecule has 3 nitrogen and oxygen atoms in total. The fourth-order valence-electron chi connectivity index (χ4n) is 2.09. The minimum absolute atomic E-state index is 0.0549. The molecule has 0 aliphatic carbocycles. The molecule has 0 saturated carbocycles. The number of nitriles is 1. The predicted molar refractivity (Wildman–Crippen MR) is 60.3 cm³/mol. The smallest absolute Gasteiger partial charge is 0.223 e. The number of benzene rings is 1. The van der Waals surface area contributed by atoms with Crippen LogP contribution < -0.4 is 0 Å². The molecule has 0 spiro atoms. The van der Waals surface area contributed by atoms with Gasteiger partial charge in [-0.2, -0.15) is 5.26 Å². The van der Waals surface area contributed by atoms with Crippen molar-refractivity contribution in [2.45, 2.75) is 19.9 Å². The Bertz CT molecular complexity index is 493. The number of amides is 1. The number of hydrogen-bond donors (Lipinski definition) is 0. The van der Waals surface area contributed by atoms with Crippen LogP contribution >= 0.6 is 0 Å². The molecule has 0 aromatic heterocycles. The Balaban J connectivity index is 2.19. The zero-order valence-electron chi connectivity index (χ0n) is 9.61. The lowest BCUT2D eigenvalue weighted by molar-refractivity contribution is -0.128. The SMILES string of the molecule is CC1CC(=O)N(Cc2cc(C#N)ccc2F)C1. The highest BCUT2D eigenvalue weighted by Crippen LogP contribution is 2.21. The van der Waals surface area contributed by atoms with Crippen molar-refractivity contribution in [2.75, 3.05) is 6.54 Å². The first-order valence-corrected chi connectivity index (χ1v) is 5.56. The third kappa shape index (κ3) is 2.44. The van der Waals surface area contributed by atoms with E-state index in [1.165, 1.54) is 18.2 Å². The maximum Gasteiger partial charge on any atom is 0.223 e. The van der Waals surface area contributed by atoms with Crippen LogP contribution in [-0.2, 0) is 11.3 Å². The number of rotatable bonds is 2. The van der Waals surface area contributed by atoms with Crippen molar-refractivity contribution in [3.63, 3.8) is 0 Å². The minimum atomic E-state index is -0.364. The average Bonchev–Trinajstić information content (AvgIpc) is 2.60. The average molecular weight is 232 g/mol. The Morgan fingerprint density at radius 1 is 1.59 bits per heavy atom. The van der Waals surface area contributed by atoms with Crippen LogP contribution in [0.5, 0.6) is 0 Å². The van der Waals surface area contributed by atoms with Crippen molar-refractivity contribution in [1.29, 1.82) is 5.26 Å². The van der Waals surface area contributed by atoms with E-state index in [0.29, 0.717) is 30.0 Å². The van der Waals surface area contributed by atoms with E-state index >= 15 is 0 Å². The van der Waals surface area contributed by atoms with Gasteiger partial charge in [0.15, 0.2) is 0 Å². The highest BCUT2D eigenvalue weighted by molar-refractivity contribution is 5.78. The second-order valence-corrected chi connectivity index (χ2v) is 4.50. The maximum atomic E-state index is 13.5. The molecule has 4 heteroatoms. The quantitative estimate of drug-likeness (QED) is 0.783. The summed E-state index contributed by atoms with van der Waals surface area (Å²) in [6.45, 7) is 2.92. The van der Waals surface area contributed by atoms with Crippen LogP contribution in [0.2, 0.25) is 0 Å². The number of halogens is 1. The summed E-state index contributed by atoms with van der Waals surface area (Å²) in [6, 6.07) is 6.19. The van der Waals surface area contributed by atoms with Gasteiger partial charge in [-0.15, -0.1) is 0 Å². The Labute approximate surface area is 99.5 Å². The van der Waals surface area contributed by atoms with E-state index in [-0.39, 0.29) is 18.3 Å². The molecule has 1 saturated heterocycles. The summed E-state index contributed by atoms with van der Waals surface area (Å²) < 4.78 is 13.5. The van der Waals surface area contributed by atoms with Gasteiger partial charge in [0.1, 0.15) is 5.82 Å². The molecule has 0 bridgehead atoms. The molecule has 1 aromatic rings. The third-order valence-electron chi connectivity index (χ3n) is 2.94. The molecular formula is C13H13FN2O. The molecule has 1 fully saturated rings. The Hall–Kier alpha value is -1.89. The van der Waals surface area contributed by atoms with Gasteiger partial charge in [0.05, 0.1) is 11.6 Å². The van der Waals surface area contributed by atoms with Crippen LogP contribution in [-0.4, -0.2) is 17.4 Å². The van der Waals surface area contributed by atoms with Crippen LogP contribution in [0, 0.1) is 23.1 Å². The van der Waals surface area contributed by atoms with Gasteiger partial charge in [-0.05, 0) is 24.1 Å². The molecule has 1 aliphatic heterocycles.